The van der Waals surface area contributed by atoms with Crippen LogP contribution in [-0.4, -0.2) is 25.3 Å². The number of benzene rings is 4. The zero-order valence-electron chi connectivity index (χ0n) is 21.5. The summed E-state index contributed by atoms with van der Waals surface area (Å²) in [6, 6.07) is 25.6. The Kier molecular flexibility index (Phi) is 8.43. The molecule has 0 spiro atoms. The molecule has 198 valence electrons. The van der Waals surface area contributed by atoms with Crippen molar-refractivity contribution in [2.24, 2.45) is 0 Å². The molecule has 0 radical (unpaired) electrons. The van der Waals surface area contributed by atoms with E-state index < -0.39 is 28.7 Å². The number of nitriles is 1. The number of carbonyl (C=O) groups is 1. The van der Waals surface area contributed by atoms with E-state index in [1.165, 1.54) is 6.07 Å². The van der Waals surface area contributed by atoms with Crippen LogP contribution in [0.25, 0.3) is 6.08 Å². The maximum atomic E-state index is 14.6. The van der Waals surface area contributed by atoms with Gasteiger partial charge in [0, 0.05) is 22.6 Å². The van der Waals surface area contributed by atoms with Crippen molar-refractivity contribution >= 4 is 29.1 Å². The molecule has 0 heterocycles. The summed E-state index contributed by atoms with van der Waals surface area (Å²) in [5.41, 5.74) is 1.90. The highest BCUT2D eigenvalue weighted by Crippen LogP contribution is 2.36. The molecule has 6 nitrogen and oxygen atoms in total. The van der Waals surface area contributed by atoms with Crippen molar-refractivity contribution in [3.63, 3.8) is 0 Å². The number of methoxy groups -OCH3 is 2. The van der Waals surface area contributed by atoms with Crippen LogP contribution in [-0.2, 0) is 4.79 Å². The van der Waals surface area contributed by atoms with Crippen LogP contribution in [0.5, 0.6) is 11.5 Å². The quantitative estimate of drug-likeness (QED) is 0.158. The van der Waals surface area contributed by atoms with Crippen LogP contribution in [0.4, 0.5) is 25.8 Å². The zero-order chi connectivity index (χ0) is 28.6. The minimum absolute atomic E-state index is 0.0963. The zero-order valence-corrected chi connectivity index (χ0v) is 21.5. The first-order valence-corrected chi connectivity index (χ1v) is 11.9. The first kappa shape index (κ1) is 27.4. The Hall–Kier alpha value is -5.60. The van der Waals surface area contributed by atoms with Crippen molar-refractivity contribution in [1.29, 1.82) is 5.26 Å². The van der Waals surface area contributed by atoms with E-state index >= 15 is 0 Å². The fourth-order valence-electron chi connectivity index (χ4n) is 3.84. The first-order valence-electron chi connectivity index (χ1n) is 11.9. The molecular weight excluding hydrogens is 514 g/mol. The molecule has 0 fully saturated rings. The van der Waals surface area contributed by atoms with E-state index in [1.54, 1.807) is 26.4 Å². The third kappa shape index (κ3) is 6.27. The number of hydrogen-bond donors (Lipinski definition) is 1. The summed E-state index contributed by atoms with van der Waals surface area (Å²) in [7, 11) is 3.20. The van der Waals surface area contributed by atoms with Gasteiger partial charge in [0.15, 0.2) is 0 Å². The van der Waals surface area contributed by atoms with E-state index in [-0.39, 0.29) is 5.56 Å². The highest BCUT2D eigenvalue weighted by molar-refractivity contribution is 5.96. The molecule has 0 amide bonds. The van der Waals surface area contributed by atoms with Gasteiger partial charge in [0.1, 0.15) is 34.8 Å². The fraction of sp³-hybridized carbons (Fsp3) is 0.0625. The van der Waals surface area contributed by atoms with Crippen LogP contribution in [0.1, 0.15) is 16.7 Å². The van der Waals surface area contributed by atoms with Crippen LogP contribution in [0.3, 0.4) is 0 Å². The molecule has 0 saturated carbocycles. The minimum atomic E-state index is -1.49. The van der Waals surface area contributed by atoms with E-state index in [9.17, 15) is 13.6 Å². The molecule has 4 aromatic rings. The molecule has 8 heteroatoms. The molecule has 4 aromatic carbocycles. The maximum Gasteiger partial charge on any atom is 0.346 e. The maximum absolute atomic E-state index is 14.6. The van der Waals surface area contributed by atoms with Crippen LogP contribution in [0, 0.1) is 34.8 Å². The summed E-state index contributed by atoms with van der Waals surface area (Å²) in [5, 5.41) is 17.8. The molecule has 0 aliphatic carbocycles. The minimum Gasteiger partial charge on any atom is -0.497 e. The van der Waals surface area contributed by atoms with Crippen LogP contribution < -0.4 is 14.4 Å². The van der Waals surface area contributed by atoms with Gasteiger partial charge in [-0.05, 0) is 96.6 Å². The van der Waals surface area contributed by atoms with Gasteiger partial charge in [-0.15, -0.1) is 0 Å². The van der Waals surface area contributed by atoms with E-state index in [0.29, 0.717) is 5.56 Å². The summed E-state index contributed by atoms with van der Waals surface area (Å²) in [4.78, 5) is 13.0. The van der Waals surface area contributed by atoms with Gasteiger partial charge in [-0.25, -0.2) is 13.6 Å². The largest absolute Gasteiger partial charge is 0.497 e. The molecule has 40 heavy (non-hydrogen) atoms. The van der Waals surface area contributed by atoms with Gasteiger partial charge in [-0.1, -0.05) is 11.8 Å². The SMILES string of the molecule is COc1ccc(N(c2ccc(C#Cc3c(F)cc(/C=C(/C#N)C(=O)O)cc3F)cc2)c2ccc(OC)cc2)cc1. The summed E-state index contributed by atoms with van der Waals surface area (Å²) in [6.45, 7) is 0. The smallest absolute Gasteiger partial charge is 0.346 e. The van der Waals surface area contributed by atoms with Crippen LogP contribution >= 0.6 is 0 Å². The van der Waals surface area contributed by atoms with Crippen molar-refractivity contribution < 1.29 is 28.2 Å². The molecule has 0 saturated heterocycles. The van der Waals surface area contributed by atoms with Crippen LogP contribution in [0.15, 0.2) is 90.5 Å². The molecule has 0 atom stereocenters. The number of ether oxygens (including phenoxy) is 2. The van der Waals surface area contributed by atoms with Gasteiger partial charge in [0.2, 0.25) is 0 Å². The molecule has 0 aromatic heterocycles. The van der Waals surface area contributed by atoms with Crippen molar-refractivity contribution in [1.82, 2.24) is 0 Å². The number of hydrogen-bond acceptors (Lipinski definition) is 5. The first-order chi connectivity index (χ1) is 19.3. The Bertz CT molecular complexity index is 1590. The lowest BCUT2D eigenvalue weighted by Gasteiger charge is -2.25. The van der Waals surface area contributed by atoms with Gasteiger partial charge in [-0.3, -0.25) is 0 Å². The van der Waals surface area contributed by atoms with E-state index in [4.69, 9.17) is 19.8 Å². The molecule has 0 aliphatic heterocycles. The second-order valence-electron chi connectivity index (χ2n) is 8.36. The molecule has 0 bridgehead atoms. The fourth-order valence-corrected chi connectivity index (χ4v) is 3.84. The molecule has 1 N–H and O–H groups in total. The third-order valence-electron chi connectivity index (χ3n) is 5.84. The van der Waals surface area contributed by atoms with Gasteiger partial charge in [0.05, 0.1) is 19.8 Å². The average molecular weight is 537 g/mol. The average Bonchev–Trinajstić information content (AvgIpc) is 2.97. The van der Waals surface area contributed by atoms with Gasteiger partial charge in [0.25, 0.3) is 0 Å². The normalized spacial score (nSPS) is 10.6. The Morgan fingerprint density at radius 3 is 1.65 bits per heavy atom. The predicted molar refractivity (Wildman–Crippen MR) is 148 cm³/mol. The van der Waals surface area contributed by atoms with Crippen LogP contribution in [0.2, 0.25) is 0 Å². The Morgan fingerprint density at radius 1 is 0.800 bits per heavy atom. The number of rotatable bonds is 7. The Morgan fingerprint density at radius 2 is 1.25 bits per heavy atom. The summed E-state index contributed by atoms with van der Waals surface area (Å²) < 4.78 is 39.8. The van der Waals surface area contributed by atoms with Gasteiger partial charge in [-0.2, -0.15) is 5.26 Å². The lowest BCUT2D eigenvalue weighted by atomic mass is 10.1. The molecule has 4 rings (SSSR count). The monoisotopic (exact) mass is 536 g/mol. The summed E-state index contributed by atoms with van der Waals surface area (Å²) in [6.07, 6.45) is 0.891. The highest BCUT2D eigenvalue weighted by atomic mass is 19.1. The standard InChI is InChI=1S/C32H22F2N2O4/c1-39-27-12-8-25(9-13-27)36(26-10-14-28(40-2)15-11-26)24-6-3-21(4-7-24)5-16-29-30(33)18-22(19-31(29)34)17-23(20-35)32(37)38/h3-4,6-15,17-19H,1-2H3,(H,37,38)/b23-17-. The topological polar surface area (TPSA) is 82.8 Å². The summed E-state index contributed by atoms with van der Waals surface area (Å²) >= 11 is 0. The highest BCUT2D eigenvalue weighted by Gasteiger charge is 2.14. The van der Waals surface area contributed by atoms with Gasteiger partial charge < -0.3 is 19.5 Å². The Balaban J connectivity index is 1.65. The third-order valence-corrected chi connectivity index (χ3v) is 5.84. The van der Waals surface area contributed by atoms with E-state index in [0.717, 1.165) is 46.8 Å². The van der Waals surface area contributed by atoms with Gasteiger partial charge >= 0.3 is 5.97 Å². The van der Waals surface area contributed by atoms with Crippen molar-refractivity contribution in [2.75, 3.05) is 19.1 Å². The Labute approximate surface area is 229 Å². The second kappa shape index (κ2) is 12.3. The summed E-state index contributed by atoms with van der Waals surface area (Å²) in [5.74, 6) is 3.29. The van der Waals surface area contributed by atoms with Crippen molar-refractivity contribution in [2.45, 2.75) is 0 Å². The van der Waals surface area contributed by atoms with E-state index in [2.05, 4.69) is 11.8 Å². The lowest BCUT2D eigenvalue weighted by molar-refractivity contribution is -0.132. The molecular formula is C32H22F2N2O4. The number of carboxylic acid groups (broad SMARTS) is 1. The number of nitrogens with zero attached hydrogens (tertiary/aromatic N) is 2. The molecule has 0 aliphatic rings. The number of carboxylic acids is 1. The molecule has 0 unspecified atom stereocenters. The number of anilines is 3. The van der Waals surface area contributed by atoms with Crippen molar-refractivity contribution in [3.05, 3.63) is 119 Å². The van der Waals surface area contributed by atoms with Crippen molar-refractivity contribution in [3.8, 4) is 29.4 Å². The second-order valence-corrected chi connectivity index (χ2v) is 8.36. The lowest BCUT2D eigenvalue weighted by Crippen LogP contribution is -2.09. The number of halogens is 2. The number of aliphatic carboxylic acids is 1. The van der Waals surface area contributed by atoms with E-state index in [1.807, 2.05) is 65.6 Å². The predicted octanol–water partition coefficient (Wildman–Crippen LogP) is 6.84.